The number of aromatic carboxylic acids is 1. The summed E-state index contributed by atoms with van der Waals surface area (Å²) in [7, 11) is -3.79. The van der Waals surface area contributed by atoms with Gasteiger partial charge >= 0.3 is 5.97 Å². The molecule has 0 aliphatic heterocycles. The first kappa shape index (κ1) is 14.7. The van der Waals surface area contributed by atoms with E-state index in [-0.39, 0.29) is 22.8 Å². The SMILES string of the molecule is CCCNS(=O)(=O)Nc1cccc(Cl)c1C(=O)O. The molecule has 1 rings (SSSR count). The minimum Gasteiger partial charge on any atom is -0.478 e. The highest BCUT2D eigenvalue weighted by Gasteiger charge is 2.18. The number of hydrogen-bond acceptors (Lipinski definition) is 3. The van der Waals surface area contributed by atoms with E-state index in [1.807, 2.05) is 6.92 Å². The van der Waals surface area contributed by atoms with Gasteiger partial charge in [-0.15, -0.1) is 0 Å². The Morgan fingerprint density at radius 2 is 2.11 bits per heavy atom. The maximum absolute atomic E-state index is 11.6. The van der Waals surface area contributed by atoms with Crippen LogP contribution in [-0.2, 0) is 10.2 Å². The van der Waals surface area contributed by atoms with Crippen molar-refractivity contribution in [1.82, 2.24) is 4.72 Å². The molecule has 1 aromatic carbocycles. The molecule has 0 radical (unpaired) electrons. The van der Waals surface area contributed by atoms with E-state index in [0.717, 1.165) is 0 Å². The zero-order valence-electron chi connectivity index (χ0n) is 9.60. The van der Waals surface area contributed by atoms with Crippen LogP contribution in [-0.4, -0.2) is 26.0 Å². The van der Waals surface area contributed by atoms with Crippen molar-refractivity contribution in [3.05, 3.63) is 28.8 Å². The normalized spacial score (nSPS) is 11.2. The maximum atomic E-state index is 11.6. The third kappa shape index (κ3) is 3.86. The molecule has 1 aromatic rings. The van der Waals surface area contributed by atoms with E-state index in [0.29, 0.717) is 6.42 Å². The summed E-state index contributed by atoms with van der Waals surface area (Å²) in [6.45, 7) is 2.07. The standard InChI is InChI=1S/C10H13ClN2O4S/c1-2-6-12-18(16,17)13-8-5-3-4-7(11)9(8)10(14)15/h3-5,12-13H,2,6H2,1H3,(H,14,15). The number of benzene rings is 1. The van der Waals surface area contributed by atoms with Crippen LogP contribution in [0.25, 0.3) is 0 Å². The lowest BCUT2D eigenvalue weighted by atomic mass is 10.2. The molecule has 0 fully saturated rings. The highest BCUT2D eigenvalue weighted by atomic mass is 35.5. The van der Waals surface area contributed by atoms with Gasteiger partial charge in [0.25, 0.3) is 10.2 Å². The number of anilines is 1. The molecule has 0 bridgehead atoms. The zero-order chi connectivity index (χ0) is 13.8. The molecule has 0 spiro atoms. The summed E-state index contributed by atoms with van der Waals surface area (Å²) in [6, 6.07) is 4.18. The Morgan fingerprint density at radius 3 is 2.67 bits per heavy atom. The van der Waals surface area contributed by atoms with Crippen molar-refractivity contribution in [2.75, 3.05) is 11.3 Å². The monoisotopic (exact) mass is 292 g/mol. The molecular weight excluding hydrogens is 280 g/mol. The van der Waals surface area contributed by atoms with Crippen LogP contribution in [0.4, 0.5) is 5.69 Å². The van der Waals surface area contributed by atoms with E-state index in [1.165, 1.54) is 18.2 Å². The second kappa shape index (κ2) is 6.03. The van der Waals surface area contributed by atoms with Gasteiger partial charge in [-0.3, -0.25) is 4.72 Å². The van der Waals surface area contributed by atoms with Crippen LogP contribution >= 0.6 is 11.6 Å². The van der Waals surface area contributed by atoms with Crippen LogP contribution in [0.1, 0.15) is 23.7 Å². The van der Waals surface area contributed by atoms with Crippen LogP contribution in [0.2, 0.25) is 5.02 Å². The van der Waals surface area contributed by atoms with E-state index in [9.17, 15) is 13.2 Å². The van der Waals surface area contributed by atoms with Crippen molar-refractivity contribution < 1.29 is 18.3 Å². The molecule has 0 amide bonds. The molecule has 100 valence electrons. The number of rotatable bonds is 6. The quantitative estimate of drug-likeness (QED) is 0.743. The summed E-state index contributed by atoms with van der Waals surface area (Å²) < 4.78 is 27.6. The summed E-state index contributed by atoms with van der Waals surface area (Å²) in [4.78, 5) is 11.0. The van der Waals surface area contributed by atoms with Crippen molar-refractivity contribution in [1.29, 1.82) is 0 Å². The lowest BCUT2D eigenvalue weighted by Gasteiger charge is -2.11. The van der Waals surface area contributed by atoms with Gasteiger partial charge in [0.05, 0.1) is 10.7 Å². The van der Waals surface area contributed by atoms with Crippen LogP contribution < -0.4 is 9.44 Å². The Balaban J connectivity index is 3.05. The highest BCUT2D eigenvalue weighted by Crippen LogP contribution is 2.24. The smallest absolute Gasteiger partial charge is 0.339 e. The Hall–Kier alpha value is -1.31. The van der Waals surface area contributed by atoms with Gasteiger partial charge in [-0.2, -0.15) is 13.1 Å². The number of halogens is 1. The van der Waals surface area contributed by atoms with Gasteiger partial charge < -0.3 is 5.11 Å². The van der Waals surface area contributed by atoms with Crippen LogP contribution in [0.5, 0.6) is 0 Å². The lowest BCUT2D eigenvalue weighted by Crippen LogP contribution is -2.31. The summed E-state index contributed by atoms with van der Waals surface area (Å²) in [5.41, 5.74) is -0.348. The van der Waals surface area contributed by atoms with E-state index < -0.39 is 16.2 Å². The first-order valence-electron chi connectivity index (χ1n) is 5.16. The van der Waals surface area contributed by atoms with E-state index in [1.54, 1.807) is 0 Å². The van der Waals surface area contributed by atoms with Gasteiger partial charge in [0.15, 0.2) is 0 Å². The Kier molecular flexibility index (Phi) is 4.94. The predicted molar refractivity (Wildman–Crippen MR) is 69.2 cm³/mol. The van der Waals surface area contributed by atoms with Crippen LogP contribution in [0.3, 0.4) is 0 Å². The second-order valence-electron chi connectivity index (χ2n) is 3.47. The summed E-state index contributed by atoms with van der Waals surface area (Å²) in [5, 5.41) is 8.95. The maximum Gasteiger partial charge on any atom is 0.339 e. The van der Waals surface area contributed by atoms with E-state index in [4.69, 9.17) is 16.7 Å². The van der Waals surface area contributed by atoms with E-state index in [2.05, 4.69) is 9.44 Å². The molecule has 0 unspecified atom stereocenters. The van der Waals surface area contributed by atoms with Crippen LogP contribution in [0.15, 0.2) is 18.2 Å². The van der Waals surface area contributed by atoms with E-state index >= 15 is 0 Å². The Labute approximate surface area is 110 Å². The van der Waals surface area contributed by atoms with Crippen molar-refractivity contribution in [3.8, 4) is 0 Å². The molecular formula is C10H13ClN2O4S. The van der Waals surface area contributed by atoms with Gasteiger partial charge in [-0.05, 0) is 18.6 Å². The molecule has 0 saturated heterocycles. The number of carboxylic acids is 1. The number of carboxylic acid groups (broad SMARTS) is 1. The summed E-state index contributed by atoms with van der Waals surface area (Å²) >= 11 is 5.72. The first-order chi connectivity index (χ1) is 8.37. The van der Waals surface area contributed by atoms with Crippen molar-refractivity contribution in [2.45, 2.75) is 13.3 Å². The first-order valence-corrected chi connectivity index (χ1v) is 7.02. The molecule has 8 heteroatoms. The van der Waals surface area contributed by atoms with Gasteiger partial charge in [0.2, 0.25) is 0 Å². The van der Waals surface area contributed by atoms with Crippen molar-refractivity contribution in [2.24, 2.45) is 0 Å². The second-order valence-corrected chi connectivity index (χ2v) is 5.37. The Bertz CT molecular complexity index is 545. The zero-order valence-corrected chi connectivity index (χ0v) is 11.2. The van der Waals surface area contributed by atoms with Gasteiger partial charge in [0.1, 0.15) is 5.56 Å². The van der Waals surface area contributed by atoms with Gasteiger partial charge in [-0.1, -0.05) is 24.6 Å². The van der Waals surface area contributed by atoms with Crippen molar-refractivity contribution >= 4 is 33.5 Å². The third-order valence-electron chi connectivity index (χ3n) is 2.01. The third-order valence-corrected chi connectivity index (χ3v) is 3.40. The summed E-state index contributed by atoms with van der Waals surface area (Å²) in [5.74, 6) is -1.30. The Morgan fingerprint density at radius 1 is 1.44 bits per heavy atom. The molecule has 0 aliphatic carbocycles. The fourth-order valence-electron chi connectivity index (χ4n) is 1.24. The van der Waals surface area contributed by atoms with Gasteiger partial charge in [-0.25, -0.2) is 4.79 Å². The van der Waals surface area contributed by atoms with Crippen molar-refractivity contribution in [3.63, 3.8) is 0 Å². The number of nitrogens with one attached hydrogen (secondary N) is 2. The molecule has 3 N–H and O–H groups in total. The molecule has 0 aliphatic rings. The molecule has 6 nitrogen and oxygen atoms in total. The minimum absolute atomic E-state index is 0.0295. The van der Waals surface area contributed by atoms with Gasteiger partial charge in [0, 0.05) is 6.54 Å². The number of carbonyl (C=O) groups is 1. The average molecular weight is 293 g/mol. The largest absolute Gasteiger partial charge is 0.478 e. The fourth-order valence-corrected chi connectivity index (χ4v) is 2.50. The molecule has 0 saturated carbocycles. The highest BCUT2D eigenvalue weighted by molar-refractivity contribution is 7.90. The molecule has 0 heterocycles. The lowest BCUT2D eigenvalue weighted by molar-refractivity contribution is 0.0698. The molecule has 0 aromatic heterocycles. The average Bonchev–Trinajstić information content (AvgIpc) is 2.25. The molecule has 0 atom stereocenters. The number of hydrogen-bond donors (Lipinski definition) is 3. The van der Waals surface area contributed by atoms with Crippen LogP contribution in [0, 0.1) is 0 Å². The topological polar surface area (TPSA) is 95.5 Å². The predicted octanol–water partition coefficient (Wildman–Crippen LogP) is 1.69. The minimum atomic E-state index is -3.79. The molecule has 18 heavy (non-hydrogen) atoms. The fraction of sp³-hybridized carbons (Fsp3) is 0.300. The summed E-state index contributed by atoms with van der Waals surface area (Å²) in [6.07, 6.45) is 0.627.